The Labute approximate surface area is 96.1 Å². The number of nitrogens with one attached hydrogen (secondary N) is 1. The summed E-state index contributed by atoms with van der Waals surface area (Å²) < 4.78 is 0. The van der Waals surface area contributed by atoms with Crippen LogP contribution >= 0.6 is 0 Å². The lowest BCUT2D eigenvalue weighted by molar-refractivity contribution is -0.131. The van der Waals surface area contributed by atoms with Gasteiger partial charge >= 0.3 is 5.97 Å². The average Bonchev–Trinajstić information content (AvgIpc) is 2.16. The summed E-state index contributed by atoms with van der Waals surface area (Å²) in [6, 6.07) is 0. The van der Waals surface area contributed by atoms with Crippen LogP contribution in [0.2, 0.25) is 0 Å². The Morgan fingerprint density at radius 2 is 2.00 bits per heavy atom. The fourth-order valence-corrected chi connectivity index (χ4v) is 1.42. The number of carboxylic acids is 1. The number of rotatable bonds is 7. The number of carbonyl (C=O) groups is 2. The van der Waals surface area contributed by atoms with E-state index in [1.807, 2.05) is 11.8 Å². The van der Waals surface area contributed by atoms with Gasteiger partial charge in [0.05, 0.1) is 6.54 Å². The summed E-state index contributed by atoms with van der Waals surface area (Å²) in [7, 11) is 1.59. The Balaban J connectivity index is 4.32. The zero-order valence-corrected chi connectivity index (χ0v) is 10.1. The van der Waals surface area contributed by atoms with E-state index in [9.17, 15) is 9.59 Å². The summed E-state index contributed by atoms with van der Waals surface area (Å²) in [5, 5.41) is 11.1. The van der Waals surface area contributed by atoms with Crippen LogP contribution in [0, 0.1) is 0 Å². The summed E-state index contributed by atoms with van der Waals surface area (Å²) >= 11 is 0. The van der Waals surface area contributed by atoms with E-state index in [1.54, 1.807) is 14.0 Å². The topological polar surface area (TPSA) is 69.6 Å². The summed E-state index contributed by atoms with van der Waals surface area (Å²) in [5.74, 6) is -1.01. The van der Waals surface area contributed by atoms with Crippen LogP contribution in [0.15, 0.2) is 11.6 Å². The maximum Gasteiger partial charge on any atom is 0.328 e. The minimum absolute atomic E-state index is 0.0587. The second kappa shape index (κ2) is 7.87. The standard InChI is InChI=1S/C11H20N2O3/c1-4-5-13(8-10(14)12-3)7-9(2)6-11(15)16/h6H,4-5,7-8H2,1-3H3,(H,12,14)(H,15,16). The zero-order chi connectivity index (χ0) is 12.6. The highest BCUT2D eigenvalue weighted by Crippen LogP contribution is 1.99. The average molecular weight is 228 g/mol. The van der Waals surface area contributed by atoms with Crippen molar-refractivity contribution in [2.45, 2.75) is 20.3 Å². The first kappa shape index (κ1) is 14.6. The van der Waals surface area contributed by atoms with Gasteiger partial charge in [0, 0.05) is 19.7 Å². The van der Waals surface area contributed by atoms with Crippen LogP contribution in [-0.2, 0) is 9.59 Å². The lowest BCUT2D eigenvalue weighted by Crippen LogP contribution is -2.37. The second-order valence-corrected chi connectivity index (χ2v) is 3.71. The van der Waals surface area contributed by atoms with E-state index in [4.69, 9.17) is 5.11 Å². The van der Waals surface area contributed by atoms with Crippen LogP contribution in [0.5, 0.6) is 0 Å². The molecule has 0 spiro atoms. The lowest BCUT2D eigenvalue weighted by Gasteiger charge is -2.20. The SMILES string of the molecule is CCCN(CC(=O)NC)CC(C)=CC(=O)O. The maximum absolute atomic E-state index is 11.2. The first-order valence-corrected chi connectivity index (χ1v) is 5.32. The third kappa shape index (κ3) is 7.00. The van der Waals surface area contributed by atoms with E-state index in [2.05, 4.69) is 5.32 Å². The van der Waals surface area contributed by atoms with E-state index in [-0.39, 0.29) is 5.91 Å². The van der Waals surface area contributed by atoms with Crippen molar-refractivity contribution < 1.29 is 14.7 Å². The van der Waals surface area contributed by atoms with Gasteiger partial charge in [-0.25, -0.2) is 4.79 Å². The molecule has 0 rings (SSSR count). The van der Waals surface area contributed by atoms with Crippen molar-refractivity contribution in [3.05, 3.63) is 11.6 Å². The molecule has 92 valence electrons. The first-order chi connectivity index (χ1) is 7.49. The fourth-order valence-electron chi connectivity index (χ4n) is 1.42. The fraction of sp³-hybridized carbons (Fsp3) is 0.636. The molecule has 0 atom stereocenters. The lowest BCUT2D eigenvalue weighted by atomic mass is 10.2. The second-order valence-electron chi connectivity index (χ2n) is 3.71. The van der Waals surface area contributed by atoms with Gasteiger partial charge in [-0.15, -0.1) is 0 Å². The molecule has 0 aromatic carbocycles. The van der Waals surface area contributed by atoms with Crippen LogP contribution in [0.25, 0.3) is 0 Å². The number of carboxylic acid groups (broad SMARTS) is 1. The smallest absolute Gasteiger partial charge is 0.328 e. The Morgan fingerprint density at radius 1 is 1.38 bits per heavy atom. The third-order valence-electron chi connectivity index (χ3n) is 2.03. The Bertz CT molecular complexity index is 274. The highest BCUT2D eigenvalue weighted by atomic mass is 16.4. The van der Waals surface area contributed by atoms with E-state index < -0.39 is 5.97 Å². The van der Waals surface area contributed by atoms with Gasteiger partial charge in [-0.05, 0) is 19.9 Å². The Hall–Kier alpha value is -1.36. The Morgan fingerprint density at radius 3 is 2.44 bits per heavy atom. The molecule has 5 heteroatoms. The van der Waals surface area contributed by atoms with Gasteiger partial charge in [0.15, 0.2) is 0 Å². The first-order valence-electron chi connectivity index (χ1n) is 5.32. The molecule has 0 heterocycles. The van der Waals surface area contributed by atoms with Crippen LogP contribution in [-0.4, -0.2) is 48.6 Å². The molecule has 0 aromatic heterocycles. The number of likely N-dealkylation sites (N-methyl/N-ethyl adjacent to an activating group) is 1. The molecular formula is C11H20N2O3. The largest absolute Gasteiger partial charge is 0.478 e. The van der Waals surface area contributed by atoms with Gasteiger partial charge in [0.1, 0.15) is 0 Å². The highest BCUT2D eigenvalue weighted by molar-refractivity contribution is 5.80. The number of carbonyl (C=O) groups excluding carboxylic acids is 1. The molecule has 0 unspecified atom stereocenters. The molecular weight excluding hydrogens is 208 g/mol. The van der Waals surface area contributed by atoms with Crippen molar-refractivity contribution in [2.75, 3.05) is 26.7 Å². The summed E-state index contributed by atoms with van der Waals surface area (Å²) in [4.78, 5) is 23.6. The molecule has 0 aliphatic rings. The number of hydrogen-bond donors (Lipinski definition) is 2. The van der Waals surface area contributed by atoms with Crippen molar-refractivity contribution in [3.8, 4) is 0 Å². The van der Waals surface area contributed by atoms with Crippen LogP contribution in [0.3, 0.4) is 0 Å². The third-order valence-corrected chi connectivity index (χ3v) is 2.03. The minimum atomic E-state index is -0.950. The number of nitrogens with zero attached hydrogens (tertiary/aromatic N) is 1. The van der Waals surface area contributed by atoms with Gasteiger partial charge in [-0.1, -0.05) is 12.5 Å². The number of hydrogen-bond acceptors (Lipinski definition) is 3. The van der Waals surface area contributed by atoms with Crippen molar-refractivity contribution in [1.29, 1.82) is 0 Å². The molecule has 5 nitrogen and oxygen atoms in total. The zero-order valence-electron chi connectivity index (χ0n) is 10.1. The van der Waals surface area contributed by atoms with E-state index in [0.29, 0.717) is 13.1 Å². The predicted molar refractivity (Wildman–Crippen MR) is 62.2 cm³/mol. The monoisotopic (exact) mass is 228 g/mol. The van der Waals surface area contributed by atoms with Gasteiger partial charge in [0.2, 0.25) is 5.91 Å². The summed E-state index contributed by atoms with van der Waals surface area (Å²) in [5.41, 5.74) is 0.741. The van der Waals surface area contributed by atoms with Crippen molar-refractivity contribution >= 4 is 11.9 Å². The van der Waals surface area contributed by atoms with Crippen molar-refractivity contribution in [3.63, 3.8) is 0 Å². The molecule has 0 aromatic rings. The quantitative estimate of drug-likeness (QED) is 0.622. The Kier molecular flexibility index (Phi) is 7.20. The molecule has 0 fully saturated rings. The summed E-state index contributed by atoms with van der Waals surface area (Å²) in [6.45, 7) is 5.36. The molecule has 2 N–H and O–H groups in total. The van der Waals surface area contributed by atoms with Gasteiger partial charge < -0.3 is 10.4 Å². The molecule has 0 aliphatic carbocycles. The predicted octanol–water partition coefficient (Wildman–Crippen LogP) is 0.475. The van der Waals surface area contributed by atoms with Crippen LogP contribution in [0.4, 0.5) is 0 Å². The molecule has 0 saturated carbocycles. The molecule has 0 aliphatic heterocycles. The summed E-state index contributed by atoms with van der Waals surface area (Å²) in [6.07, 6.45) is 2.10. The van der Waals surface area contributed by atoms with Gasteiger partial charge in [0.25, 0.3) is 0 Å². The van der Waals surface area contributed by atoms with E-state index >= 15 is 0 Å². The van der Waals surface area contributed by atoms with E-state index in [0.717, 1.165) is 18.5 Å². The van der Waals surface area contributed by atoms with Gasteiger partial charge in [-0.3, -0.25) is 9.69 Å². The molecule has 0 radical (unpaired) electrons. The van der Waals surface area contributed by atoms with E-state index in [1.165, 1.54) is 6.08 Å². The van der Waals surface area contributed by atoms with Gasteiger partial charge in [-0.2, -0.15) is 0 Å². The number of amides is 1. The van der Waals surface area contributed by atoms with Crippen molar-refractivity contribution in [1.82, 2.24) is 10.2 Å². The highest BCUT2D eigenvalue weighted by Gasteiger charge is 2.09. The van der Waals surface area contributed by atoms with Crippen LogP contribution < -0.4 is 5.32 Å². The molecule has 0 bridgehead atoms. The van der Waals surface area contributed by atoms with Crippen LogP contribution in [0.1, 0.15) is 20.3 Å². The molecule has 0 saturated heterocycles. The minimum Gasteiger partial charge on any atom is -0.478 e. The maximum atomic E-state index is 11.2. The number of aliphatic carboxylic acids is 1. The van der Waals surface area contributed by atoms with Crippen molar-refractivity contribution in [2.24, 2.45) is 0 Å². The molecule has 1 amide bonds. The normalized spacial score (nSPS) is 11.6. The molecule has 16 heavy (non-hydrogen) atoms.